The number of hydrogen-bond donors (Lipinski definition) is 2. The fourth-order valence-corrected chi connectivity index (χ4v) is 2.62. The molecular formula is C19H38N2O2. The lowest BCUT2D eigenvalue weighted by molar-refractivity contribution is -0.137. The predicted octanol–water partition coefficient (Wildman–Crippen LogP) is 5.17. The molecule has 0 atom stereocenters. The molecule has 0 fully saturated rings. The molecule has 0 aromatic rings. The Bertz CT molecular complexity index is 275. The van der Waals surface area contributed by atoms with E-state index in [2.05, 4.69) is 17.2 Å². The third-order valence-corrected chi connectivity index (χ3v) is 4.06. The average Bonchev–Trinajstić information content (AvgIpc) is 3.11. The standard InChI is InChI=1S/C16H32O2.C3H6N2/c1-2-3-4-5-6-7-8-9-10-11-12-13-14-15-16(17)18;1-2-5-3-4-1/h2-15H2,1H3,(H,17,18);3H,1-2H2,(H,4,5). The lowest BCUT2D eigenvalue weighted by atomic mass is 10.0. The van der Waals surface area contributed by atoms with Crippen LogP contribution >= 0.6 is 0 Å². The second-order valence-corrected chi connectivity index (χ2v) is 6.38. The van der Waals surface area contributed by atoms with Crippen molar-refractivity contribution in [1.82, 2.24) is 5.32 Å². The Balaban J connectivity index is 0.000000809. The molecule has 1 heterocycles. The van der Waals surface area contributed by atoms with Gasteiger partial charge >= 0.3 is 5.97 Å². The zero-order chi connectivity index (χ0) is 17.0. The summed E-state index contributed by atoms with van der Waals surface area (Å²) in [5, 5.41) is 11.4. The van der Waals surface area contributed by atoms with Gasteiger partial charge in [0.2, 0.25) is 0 Å². The van der Waals surface area contributed by atoms with Crippen molar-refractivity contribution in [3.05, 3.63) is 0 Å². The van der Waals surface area contributed by atoms with E-state index >= 15 is 0 Å². The maximum atomic E-state index is 10.3. The zero-order valence-electron chi connectivity index (χ0n) is 15.2. The second kappa shape index (κ2) is 19.0. The van der Waals surface area contributed by atoms with Gasteiger partial charge in [-0.2, -0.15) is 0 Å². The van der Waals surface area contributed by atoms with Crippen LogP contribution in [0.5, 0.6) is 0 Å². The molecule has 0 unspecified atom stereocenters. The minimum Gasteiger partial charge on any atom is -0.481 e. The first-order chi connectivity index (χ1) is 11.3. The van der Waals surface area contributed by atoms with Gasteiger partial charge in [-0.25, -0.2) is 0 Å². The van der Waals surface area contributed by atoms with E-state index in [1.54, 1.807) is 6.34 Å². The molecular weight excluding hydrogens is 288 g/mol. The molecule has 0 bridgehead atoms. The van der Waals surface area contributed by atoms with E-state index < -0.39 is 5.97 Å². The van der Waals surface area contributed by atoms with Crippen LogP contribution in [0.2, 0.25) is 0 Å². The number of aliphatic carboxylic acids is 1. The molecule has 1 aliphatic heterocycles. The van der Waals surface area contributed by atoms with E-state index in [0.29, 0.717) is 6.42 Å². The fraction of sp³-hybridized carbons (Fsp3) is 0.895. The van der Waals surface area contributed by atoms with Crippen LogP contribution in [0, 0.1) is 0 Å². The summed E-state index contributed by atoms with van der Waals surface area (Å²) < 4.78 is 0. The van der Waals surface area contributed by atoms with Gasteiger partial charge in [-0.05, 0) is 6.42 Å². The van der Waals surface area contributed by atoms with Gasteiger partial charge < -0.3 is 10.4 Å². The third-order valence-electron chi connectivity index (χ3n) is 4.06. The molecule has 0 radical (unpaired) electrons. The van der Waals surface area contributed by atoms with Crippen molar-refractivity contribution >= 4 is 12.3 Å². The van der Waals surface area contributed by atoms with Crippen LogP contribution < -0.4 is 5.32 Å². The minimum atomic E-state index is -0.655. The van der Waals surface area contributed by atoms with Crippen molar-refractivity contribution in [3.63, 3.8) is 0 Å². The molecule has 0 aromatic carbocycles. The first-order valence-electron chi connectivity index (χ1n) is 9.71. The number of carbonyl (C=O) groups is 1. The molecule has 136 valence electrons. The van der Waals surface area contributed by atoms with Gasteiger partial charge in [0.05, 0.1) is 12.9 Å². The number of rotatable bonds is 14. The summed E-state index contributed by atoms with van der Waals surface area (Å²) in [6, 6.07) is 0. The summed E-state index contributed by atoms with van der Waals surface area (Å²) >= 11 is 0. The summed E-state index contributed by atoms with van der Waals surface area (Å²) in [5.41, 5.74) is 0. The van der Waals surface area contributed by atoms with Crippen molar-refractivity contribution in [2.45, 2.75) is 96.8 Å². The zero-order valence-corrected chi connectivity index (χ0v) is 15.2. The van der Waals surface area contributed by atoms with E-state index in [1.807, 2.05) is 0 Å². The van der Waals surface area contributed by atoms with E-state index in [9.17, 15) is 4.79 Å². The summed E-state index contributed by atoms with van der Waals surface area (Å²) in [4.78, 5) is 14.1. The number of nitrogens with one attached hydrogen (secondary N) is 1. The molecule has 0 spiro atoms. The Labute approximate surface area is 143 Å². The van der Waals surface area contributed by atoms with Gasteiger partial charge in [-0.3, -0.25) is 9.79 Å². The van der Waals surface area contributed by atoms with E-state index in [-0.39, 0.29) is 0 Å². The van der Waals surface area contributed by atoms with Crippen molar-refractivity contribution in [3.8, 4) is 0 Å². The summed E-state index contributed by atoms with van der Waals surface area (Å²) in [6.07, 6.45) is 19.0. The molecule has 0 aromatic heterocycles. The highest BCUT2D eigenvalue weighted by Crippen LogP contribution is 2.12. The van der Waals surface area contributed by atoms with Crippen LogP contribution in [-0.4, -0.2) is 30.5 Å². The predicted molar refractivity (Wildman–Crippen MR) is 99.3 cm³/mol. The van der Waals surface area contributed by atoms with Gasteiger partial charge in [-0.1, -0.05) is 84.0 Å². The molecule has 0 aliphatic carbocycles. The molecule has 4 nitrogen and oxygen atoms in total. The van der Waals surface area contributed by atoms with E-state index in [4.69, 9.17) is 5.11 Å². The number of aliphatic imine (C=N–C) groups is 1. The smallest absolute Gasteiger partial charge is 0.303 e. The lowest BCUT2D eigenvalue weighted by Gasteiger charge is -2.02. The Morgan fingerprint density at radius 2 is 1.39 bits per heavy atom. The highest BCUT2D eigenvalue weighted by molar-refractivity contribution is 5.66. The first-order valence-corrected chi connectivity index (χ1v) is 9.71. The SMILES string of the molecule is C1=NCCN1.CCCCCCCCCCCCCCCC(=O)O. The highest BCUT2D eigenvalue weighted by Gasteiger charge is 1.96. The van der Waals surface area contributed by atoms with Crippen LogP contribution in [0.3, 0.4) is 0 Å². The number of nitrogens with zero attached hydrogens (tertiary/aromatic N) is 1. The molecule has 1 rings (SSSR count). The maximum absolute atomic E-state index is 10.3. The van der Waals surface area contributed by atoms with Crippen molar-refractivity contribution < 1.29 is 9.90 Å². The van der Waals surface area contributed by atoms with Crippen LogP contribution in [-0.2, 0) is 4.79 Å². The van der Waals surface area contributed by atoms with Gasteiger partial charge in [0.25, 0.3) is 0 Å². The largest absolute Gasteiger partial charge is 0.481 e. The first kappa shape index (κ1) is 21.9. The number of hydrogen-bond acceptors (Lipinski definition) is 3. The average molecular weight is 327 g/mol. The lowest BCUT2D eigenvalue weighted by Crippen LogP contribution is -2.04. The fourth-order valence-electron chi connectivity index (χ4n) is 2.62. The molecule has 4 heteroatoms. The summed E-state index contributed by atoms with van der Waals surface area (Å²) in [7, 11) is 0. The monoisotopic (exact) mass is 326 g/mol. The van der Waals surface area contributed by atoms with Crippen molar-refractivity contribution in [1.29, 1.82) is 0 Å². The summed E-state index contributed by atoms with van der Waals surface area (Å²) in [6.45, 7) is 4.25. The van der Waals surface area contributed by atoms with Gasteiger partial charge in [0.15, 0.2) is 0 Å². The number of unbranched alkanes of at least 4 members (excludes halogenated alkanes) is 12. The Hall–Kier alpha value is -1.06. The molecule has 23 heavy (non-hydrogen) atoms. The van der Waals surface area contributed by atoms with Crippen LogP contribution in [0.4, 0.5) is 0 Å². The molecule has 2 N–H and O–H groups in total. The second-order valence-electron chi connectivity index (χ2n) is 6.38. The van der Waals surface area contributed by atoms with Gasteiger partial charge in [0.1, 0.15) is 0 Å². The normalized spacial score (nSPS) is 12.6. The van der Waals surface area contributed by atoms with Crippen molar-refractivity contribution in [2.75, 3.05) is 13.1 Å². The highest BCUT2D eigenvalue weighted by atomic mass is 16.4. The topological polar surface area (TPSA) is 61.7 Å². The maximum Gasteiger partial charge on any atom is 0.303 e. The van der Waals surface area contributed by atoms with E-state index in [1.165, 1.54) is 70.6 Å². The van der Waals surface area contributed by atoms with Crippen LogP contribution in [0.15, 0.2) is 4.99 Å². The number of carboxylic acid groups (broad SMARTS) is 1. The Morgan fingerprint density at radius 1 is 0.913 bits per heavy atom. The third kappa shape index (κ3) is 20.9. The molecule has 0 saturated heterocycles. The summed E-state index contributed by atoms with van der Waals surface area (Å²) in [5.74, 6) is -0.655. The van der Waals surface area contributed by atoms with Crippen molar-refractivity contribution in [2.24, 2.45) is 4.99 Å². The van der Waals surface area contributed by atoms with Crippen LogP contribution in [0.25, 0.3) is 0 Å². The van der Waals surface area contributed by atoms with Gasteiger partial charge in [0, 0.05) is 13.0 Å². The van der Waals surface area contributed by atoms with Gasteiger partial charge in [-0.15, -0.1) is 0 Å². The quantitative estimate of drug-likeness (QED) is 0.433. The van der Waals surface area contributed by atoms with E-state index in [0.717, 1.165) is 25.9 Å². The molecule has 0 amide bonds. The molecule has 0 saturated carbocycles. The Morgan fingerprint density at radius 3 is 1.70 bits per heavy atom. The molecule has 1 aliphatic rings. The van der Waals surface area contributed by atoms with Crippen LogP contribution in [0.1, 0.15) is 96.8 Å². The number of carboxylic acids is 1. The minimum absolute atomic E-state index is 0.345. The Kier molecular flexibility index (Phi) is 18.1.